The van der Waals surface area contributed by atoms with E-state index in [-0.39, 0.29) is 12.1 Å². The van der Waals surface area contributed by atoms with E-state index in [4.69, 9.17) is 4.74 Å². The minimum absolute atomic E-state index is 0.298. The van der Waals surface area contributed by atoms with Gasteiger partial charge in [-0.25, -0.2) is 24.1 Å². The molecule has 1 aliphatic rings. The second kappa shape index (κ2) is 7.39. The molecule has 9 heteroatoms. The highest BCUT2D eigenvalue weighted by Crippen LogP contribution is 2.22. The van der Waals surface area contributed by atoms with Gasteiger partial charge in [-0.3, -0.25) is 5.32 Å². The van der Waals surface area contributed by atoms with E-state index < -0.39 is 5.82 Å². The molecule has 0 bridgehead atoms. The Hall–Kier alpha value is -2.81. The minimum atomic E-state index is -0.454. The second-order valence-corrected chi connectivity index (χ2v) is 5.77. The predicted molar refractivity (Wildman–Crippen MR) is 89.8 cm³/mol. The van der Waals surface area contributed by atoms with Gasteiger partial charge in [-0.15, -0.1) is 0 Å². The topological polar surface area (TPSA) is 83.5 Å². The van der Waals surface area contributed by atoms with Crippen LogP contribution in [0, 0.1) is 5.82 Å². The number of carbonyl (C=O) groups is 1. The van der Waals surface area contributed by atoms with Gasteiger partial charge in [0, 0.05) is 26.8 Å². The number of nitrogens with one attached hydrogen (secondary N) is 1. The maximum absolute atomic E-state index is 12.9. The number of nitrogens with zero attached hydrogens (tertiary/aromatic N) is 5. The molecule has 0 radical (unpaired) electrons. The lowest BCUT2D eigenvalue weighted by molar-refractivity contribution is -0.0157. The van der Waals surface area contributed by atoms with Crippen LogP contribution < -0.4 is 10.2 Å². The number of carbonyl (C=O) groups excluding carboxylic acids is 1. The maximum atomic E-state index is 12.9. The smallest absolute Gasteiger partial charge is 0.323 e. The Morgan fingerprint density at radius 3 is 2.92 bits per heavy atom. The summed E-state index contributed by atoms with van der Waals surface area (Å²) in [6.45, 7) is 1.21. The Morgan fingerprint density at radius 2 is 2.20 bits per heavy atom. The molecule has 8 nitrogen and oxygen atoms in total. The lowest BCUT2D eigenvalue weighted by Gasteiger charge is -2.32. The van der Waals surface area contributed by atoms with E-state index in [1.807, 2.05) is 14.1 Å². The quantitative estimate of drug-likeness (QED) is 0.910. The standard InChI is InChI=1S/C16H19FN6O2/c1-22(2)15-18-6-5-12(20-15)13-10-23(7-8-25-13)16(24)21-14-4-3-11(17)9-19-14/h3-6,9,13H,7-8,10H2,1-2H3,(H,19,21,24)/t13-/m1/s1. The molecule has 2 amide bonds. The summed E-state index contributed by atoms with van der Waals surface area (Å²) in [5.41, 5.74) is 0.719. The van der Waals surface area contributed by atoms with Crippen LogP contribution in [0.15, 0.2) is 30.6 Å². The third kappa shape index (κ3) is 4.18. The first-order valence-corrected chi connectivity index (χ1v) is 7.82. The highest BCUT2D eigenvalue weighted by Gasteiger charge is 2.27. The van der Waals surface area contributed by atoms with Gasteiger partial charge in [0.2, 0.25) is 5.95 Å². The maximum Gasteiger partial charge on any atom is 0.323 e. The molecular weight excluding hydrogens is 327 g/mol. The van der Waals surface area contributed by atoms with Gasteiger partial charge in [-0.1, -0.05) is 0 Å². The first-order valence-electron chi connectivity index (χ1n) is 7.82. The zero-order valence-electron chi connectivity index (χ0n) is 14.0. The number of hydrogen-bond donors (Lipinski definition) is 1. The Kier molecular flexibility index (Phi) is 5.03. The Morgan fingerprint density at radius 1 is 1.36 bits per heavy atom. The summed E-state index contributed by atoms with van der Waals surface area (Å²) in [5.74, 6) is 0.425. The van der Waals surface area contributed by atoms with Crippen LogP contribution in [0.25, 0.3) is 0 Å². The zero-order valence-corrected chi connectivity index (χ0v) is 14.0. The summed E-state index contributed by atoms with van der Waals surface area (Å²) in [6.07, 6.45) is 2.39. The molecule has 1 aliphatic heterocycles. The number of halogens is 1. The average Bonchev–Trinajstić information content (AvgIpc) is 2.64. The third-order valence-electron chi connectivity index (χ3n) is 3.71. The fourth-order valence-electron chi connectivity index (χ4n) is 2.41. The molecule has 0 saturated carbocycles. The molecule has 1 N–H and O–H groups in total. The minimum Gasteiger partial charge on any atom is -0.368 e. The van der Waals surface area contributed by atoms with Crippen LogP contribution in [-0.2, 0) is 4.74 Å². The van der Waals surface area contributed by atoms with Gasteiger partial charge in [0.1, 0.15) is 17.7 Å². The summed E-state index contributed by atoms with van der Waals surface area (Å²) in [7, 11) is 3.71. The first-order chi connectivity index (χ1) is 12.0. The van der Waals surface area contributed by atoms with E-state index in [2.05, 4.69) is 20.3 Å². The molecule has 1 atom stereocenters. The molecule has 2 aromatic heterocycles. The fraction of sp³-hybridized carbons (Fsp3) is 0.375. The number of amides is 2. The molecule has 0 aromatic carbocycles. The van der Waals surface area contributed by atoms with Crippen molar-refractivity contribution < 1.29 is 13.9 Å². The Bertz CT molecular complexity index is 740. The van der Waals surface area contributed by atoms with Gasteiger partial charge in [0.25, 0.3) is 0 Å². The van der Waals surface area contributed by atoms with Crippen LogP contribution in [0.5, 0.6) is 0 Å². The monoisotopic (exact) mass is 346 g/mol. The number of ether oxygens (including phenoxy) is 1. The molecule has 3 rings (SSSR count). The van der Waals surface area contributed by atoms with Crippen LogP contribution in [-0.4, -0.2) is 59.7 Å². The van der Waals surface area contributed by atoms with E-state index >= 15 is 0 Å². The SMILES string of the molecule is CN(C)c1nccc([C@H]2CN(C(=O)Nc3ccc(F)cn3)CCO2)n1. The normalized spacial score (nSPS) is 17.2. The number of pyridine rings is 1. The largest absolute Gasteiger partial charge is 0.368 e. The number of hydrogen-bond acceptors (Lipinski definition) is 6. The van der Waals surface area contributed by atoms with Crippen molar-refractivity contribution in [1.82, 2.24) is 19.9 Å². The lowest BCUT2D eigenvalue weighted by atomic mass is 10.2. The van der Waals surface area contributed by atoms with Crippen molar-refractivity contribution in [2.24, 2.45) is 0 Å². The second-order valence-electron chi connectivity index (χ2n) is 5.77. The van der Waals surface area contributed by atoms with Crippen molar-refractivity contribution in [2.75, 3.05) is 44.0 Å². The van der Waals surface area contributed by atoms with Crippen molar-refractivity contribution >= 4 is 17.8 Å². The van der Waals surface area contributed by atoms with E-state index in [9.17, 15) is 9.18 Å². The van der Waals surface area contributed by atoms with Gasteiger partial charge in [-0.05, 0) is 18.2 Å². The van der Waals surface area contributed by atoms with Gasteiger partial charge < -0.3 is 14.5 Å². The summed E-state index contributed by atoms with van der Waals surface area (Å²) in [4.78, 5) is 28.3. The van der Waals surface area contributed by atoms with Gasteiger partial charge in [-0.2, -0.15) is 0 Å². The van der Waals surface area contributed by atoms with Crippen molar-refractivity contribution in [2.45, 2.75) is 6.10 Å². The number of morpholine rings is 1. The molecular formula is C16H19FN6O2. The molecule has 1 saturated heterocycles. The summed E-state index contributed by atoms with van der Waals surface area (Å²) < 4.78 is 18.6. The molecule has 3 heterocycles. The highest BCUT2D eigenvalue weighted by molar-refractivity contribution is 5.88. The molecule has 2 aromatic rings. The number of aromatic nitrogens is 3. The van der Waals surface area contributed by atoms with Crippen molar-refractivity contribution in [3.05, 3.63) is 42.1 Å². The summed E-state index contributed by atoms with van der Waals surface area (Å²) in [6, 6.07) is 4.13. The van der Waals surface area contributed by atoms with Crippen LogP contribution in [0.1, 0.15) is 11.8 Å². The van der Waals surface area contributed by atoms with Gasteiger partial charge in [0.05, 0.1) is 25.0 Å². The van der Waals surface area contributed by atoms with Gasteiger partial charge in [0.15, 0.2) is 0 Å². The molecule has 0 unspecified atom stereocenters. The summed E-state index contributed by atoms with van der Waals surface area (Å²) >= 11 is 0. The predicted octanol–water partition coefficient (Wildman–Crippen LogP) is 1.68. The highest BCUT2D eigenvalue weighted by atomic mass is 19.1. The molecule has 0 spiro atoms. The molecule has 0 aliphatic carbocycles. The van der Waals surface area contributed by atoms with E-state index in [1.165, 1.54) is 12.1 Å². The van der Waals surface area contributed by atoms with E-state index in [0.29, 0.717) is 31.5 Å². The molecule has 25 heavy (non-hydrogen) atoms. The average molecular weight is 346 g/mol. The van der Waals surface area contributed by atoms with Crippen molar-refractivity contribution in [3.8, 4) is 0 Å². The van der Waals surface area contributed by atoms with Crippen LogP contribution in [0.4, 0.5) is 21.0 Å². The molecule has 1 fully saturated rings. The first kappa shape index (κ1) is 17.0. The number of rotatable bonds is 3. The number of urea groups is 1. The number of anilines is 2. The fourth-order valence-corrected chi connectivity index (χ4v) is 2.41. The van der Waals surface area contributed by atoms with Crippen molar-refractivity contribution in [3.63, 3.8) is 0 Å². The van der Waals surface area contributed by atoms with Crippen LogP contribution >= 0.6 is 0 Å². The third-order valence-corrected chi connectivity index (χ3v) is 3.71. The van der Waals surface area contributed by atoms with E-state index in [1.54, 1.807) is 22.1 Å². The van der Waals surface area contributed by atoms with Gasteiger partial charge >= 0.3 is 6.03 Å². The Labute approximate surface area is 144 Å². The van der Waals surface area contributed by atoms with Crippen LogP contribution in [0.2, 0.25) is 0 Å². The van der Waals surface area contributed by atoms with E-state index in [0.717, 1.165) is 11.9 Å². The zero-order chi connectivity index (χ0) is 17.8. The Balaban J connectivity index is 1.67. The van der Waals surface area contributed by atoms with Crippen molar-refractivity contribution in [1.29, 1.82) is 0 Å². The summed E-state index contributed by atoms with van der Waals surface area (Å²) in [5, 5.41) is 2.65. The van der Waals surface area contributed by atoms with Crippen LogP contribution in [0.3, 0.4) is 0 Å². The lowest BCUT2D eigenvalue weighted by Crippen LogP contribution is -2.44. The molecule has 132 valence electrons.